The molecule has 108 valence electrons. The maximum atomic E-state index is 12.3. The smallest absolute Gasteiger partial charge is 0.271 e. The Morgan fingerprint density at radius 2 is 2.50 bits per heavy atom. The van der Waals surface area contributed by atoms with Gasteiger partial charge in [-0.3, -0.25) is 9.36 Å². The zero-order valence-corrected chi connectivity index (χ0v) is 12.4. The summed E-state index contributed by atoms with van der Waals surface area (Å²) < 4.78 is 7.79. The largest absolute Gasteiger partial charge is 0.381 e. The van der Waals surface area contributed by atoms with Crippen LogP contribution in [0.25, 0.3) is 10.2 Å². The van der Waals surface area contributed by atoms with Gasteiger partial charge in [0.1, 0.15) is 4.70 Å². The lowest BCUT2D eigenvalue weighted by Crippen LogP contribution is -2.30. The molecule has 1 atom stereocenters. The lowest BCUT2D eigenvalue weighted by molar-refractivity contribution is 0.185. The maximum absolute atomic E-state index is 12.3. The second kappa shape index (κ2) is 6.03. The zero-order chi connectivity index (χ0) is 13.9. The molecule has 1 saturated heterocycles. The molecule has 0 radical (unpaired) electrons. The molecule has 2 aromatic rings. The van der Waals surface area contributed by atoms with Crippen molar-refractivity contribution in [1.29, 1.82) is 0 Å². The van der Waals surface area contributed by atoms with Crippen LogP contribution in [0.1, 0.15) is 12.0 Å². The molecular weight excluding hydrogens is 274 g/mol. The molecule has 6 heteroatoms. The SMILES string of the molecule is Cc1csc2c(=O)n(CCNCC3CCOC3)cnc12. The van der Waals surface area contributed by atoms with Crippen LogP contribution < -0.4 is 10.9 Å². The Labute approximate surface area is 121 Å². The number of hydrogen-bond donors (Lipinski definition) is 1. The van der Waals surface area contributed by atoms with E-state index in [-0.39, 0.29) is 5.56 Å². The minimum absolute atomic E-state index is 0.0686. The van der Waals surface area contributed by atoms with Crippen LogP contribution in [0.5, 0.6) is 0 Å². The lowest BCUT2D eigenvalue weighted by atomic mass is 10.1. The molecule has 1 aliphatic rings. The fraction of sp³-hybridized carbons (Fsp3) is 0.571. The number of thiophene rings is 1. The fourth-order valence-electron chi connectivity index (χ4n) is 2.47. The van der Waals surface area contributed by atoms with E-state index in [2.05, 4.69) is 10.3 Å². The summed E-state index contributed by atoms with van der Waals surface area (Å²) in [7, 11) is 0. The van der Waals surface area contributed by atoms with Crippen molar-refractivity contribution in [3.8, 4) is 0 Å². The van der Waals surface area contributed by atoms with Crippen LogP contribution in [0.15, 0.2) is 16.5 Å². The van der Waals surface area contributed by atoms with Gasteiger partial charge in [-0.1, -0.05) is 0 Å². The van der Waals surface area contributed by atoms with Crippen molar-refractivity contribution in [3.05, 3.63) is 27.6 Å². The van der Waals surface area contributed by atoms with E-state index in [0.717, 1.165) is 48.5 Å². The lowest BCUT2D eigenvalue weighted by Gasteiger charge is -2.10. The molecule has 20 heavy (non-hydrogen) atoms. The topological polar surface area (TPSA) is 56.2 Å². The Morgan fingerprint density at radius 3 is 3.30 bits per heavy atom. The average molecular weight is 293 g/mol. The van der Waals surface area contributed by atoms with Gasteiger partial charge in [0.05, 0.1) is 18.5 Å². The number of fused-ring (bicyclic) bond motifs is 1. The van der Waals surface area contributed by atoms with Crippen LogP contribution in [-0.4, -0.2) is 35.9 Å². The van der Waals surface area contributed by atoms with Crippen LogP contribution in [0.3, 0.4) is 0 Å². The average Bonchev–Trinajstić information content (AvgIpc) is 3.08. The summed E-state index contributed by atoms with van der Waals surface area (Å²) in [6.45, 7) is 6.13. The first-order valence-corrected chi connectivity index (χ1v) is 7.85. The van der Waals surface area contributed by atoms with Gasteiger partial charge in [0, 0.05) is 26.2 Å². The first kappa shape index (κ1) is 13.7. The number of nitrogens with one attached hydrogen (secondary N) is 1. The first-order chi connectivity index (χ1) is 9.75. The normalized spacial score (nSPS) is 18.9. The van der Waals surface area contributed by atoms with Gasteiger partial charge in [-0.15, -0.1) is 11.3 Å². The van der Waals surface area contributed by atoms with Crippen molar-refractivity contribution in [2.75, 3.05) is 26.3 Å². The van der Waals surface area contributed by atoms with Crippen LogP contribution in [0.4, 0.5) is 0 Å². The third kappa shape index (κ3) is 2.77. The number of nitrogens with zero attached hydrogens (tertiary/aromatic N) is 2. The molecule has 0 amide bonds. The van der Waals surface area contributed by atoms with Crippen molar-refractivity contribution in [2.24, 2.45) is 5.92 Å². The standard InChI is InChI=1S/C14H19N3O2S/c1-10-8-20-13-12(10)16-9-17(14(13)18)4-3-15-6-11-2-5-19-7-11/h8-9,11,15H,2-7H2,1H3. The Kier molecular flexibility index (Phi) is 4.14. The summed E-state index contributed by atoms with van der Waals surface area (Å²) in [4.78, 5) is 16.7. The number of aromatic nitrogens is 2. The van der Waals surface area contributed by atoms with Crippen LogP contribution in [0.2, 0.25) is 0 Å². The molecule has 0 bridgehead atoms. The van der Waals surface area contributed by atoms with E-state index in [9.17, 15) is 4.79 Å². The van der Waals surface area contributed by atoms with Crippen molar-refractivity contribution in [3.63, 3.8) is 0 Å². The molecule has 0 aromatic carbocycles. The van der Waals surface area contributed by atoms with Gasteiger partial charge in [0.2, 0.25) is 0 Å². The number of rotatable bonds is 5. The van der Waals surface area contributed by atoms with E-state index in [1.165, 1.54) is 11.3 Å². The predicted molar refractivity (Wildman–Crippen MR) is 80.4 cm³/mol. The maximum Gasteiger partial charge on any atom is 0.271 e. The molecule has 1 aliphatic heterocycles. The molecule has 2 aromatic heterocycles. The van der Waals surface area contributed by atoms with Gasteiger partial charge in [-0.2, -0.15) is 0 Å². The summed E-state index contributed by atoms with van der Waals surface area (Å²) in [6, 6.07) is 0. The summed E-state index contributed by atoms with van der Waals surface area (Å²) in [5.41, 5.74) is 1.99. The van der Waals surface area contributed by atoms with Gasteiger partial charge in [-0.25, -0.2) is 4.98 Å². The van der Waals surface area contributed by atoms with Crippen molar-refractivity contribution < 1.29 is 4.74 Å². The number of hydrogen-bond acceptors (Lipinski definition) is 5. The predicted octanol–water partition coefficient (Wildman–Crippen LogP) is 1.39. The Morgan fingerprint density at radius 1 is 1.60 bits per heavy atom. The summed E-state index contributed by atoms with van der Waals surface area (Å²) in [5.74, 6) is 0.618. The van der Waals surface area contributed by atoms with Crippen LogP contribution in [-0.2, 0) is 11.3 Å². The van der Waals surface area contributed by atoms with Crippen molar-refractivity contribution in [2.45, 2.75) is 19.9 Å². The van der Waals surface area contributed by atoms with Gasteiger partial charge in [0.25, 0.3) is 5.56 Å². The molecule has 0 spiro atoms. The van der Waals surface area contributed by atoms with Gasteiger partial charge < -0.3 is 10.1 Å². The molecular formula is C14H19N3O2S. The van der Waals surface area contributed by atoms with E-state index in [1.54, 1.807) is 10.9 Å². The van der Waals surface area contributed by atoms with E-state index < -0.39 is 0 Å². The molecule has 1 N–H and O–H groups in total. The van der Waals surface area contributed by atoms with Gasteiger partial charge in [-0.05, 0) is 30.2 Å². The minimum Gasteiger partial charge on any atom is -0.381 e. The van der Waals surface area contributed by atoms with E-state index in [4.69, 9.17) is 4.74 Å². The quantitative estimate of drug-likeness (QED) is 0.847. The Balaban J connectivity index is 1.60. The second-order valence-electron chi connectivity index (χ2n) is 5.27. The highest BCUT2D eigenvalue weighted by Crippen LogP contribution is 2.19. The van der Waals surface area contributed by atoms with Crippen LogP contribution >= 0.6 is 11.3 Å². The van der Waals surface area contributed by atoms with E-state index in [1.807, 2.05) is 12.3 Å². The van der Waals surface area contributed by atoms with Crippen molar-refractivity contribution in [1.82, 2.24) is 14.9 Å². The zero-order valence-electron chi connectivity index (χ0n) is 11.6. The number of aryl methyl sites for hydroxylation is 1. The highest BCUT2D eigenvalue weighted by atomic mass is 32.1. The molecule has 1 unspecified atom stereocenters. The highest BCUT2D eigenvalue weighted by Gasteiger charge is 2.14. The fourth-order valence-corrected chi connectivity index (χ4v) is 3.42. The van der Waals surface area contributed by atoms with Gasteiger partial charge in [0.15, 0.2) is 0 Å². The third-order valence-corrected chi connectivity index (χ3v) is 4.79. The molecule has 0 saturated carbocycles. The number of ether oxygens (including phenoxy) is 1. The monoisotopic (exact) mass is 293 g/mol. The molecule has 3 rings (SSSR count). The van der Waals surface area contributed by atoms with E-state index in [0.29, 0.717) is 12.5 Å². The summed E-state index contributed by atoms with van der Waals surface area (Å²) >= 11 is 1.48. The van der Waals surface area contributed by atoms with Crippen molar-refractivity contribution >= 4 is 21.6 Å². The minimum atomic E-state index is 0.0686. The third-order valence-electron chi connectivity index (χ3n) is 3.71. The molecule has 0 aliphatic carbocycles. The molecule has 1 fully saturated rings. The molecule has 5 nitrogen and oxygen atoms in total. The van der Waals surface area contributed by atoms with Crippen LogP contribution in [0, 0.1) is 12.8 Å². The summed E-state index contributed by atoms with van der Waals surface area (Å²) in [5, 5.41) is 5.38. The Hall–Kier alpha value is -1.24. The van der Waals surface area contributed by atoms with E-state index >= 15 is 0 Å². The molecule has 3 heterocycles. The first-order valence-electron chi connectivity index (χ1n) is 6.97. The second-order valence-corrected chi connectivity index (χ2v) is 6.15. The summed E-state index contributed by atoms with van der Waals surface area (Å²) in [6.07, 6.45) is 2.79. The van der Waals surface area contributed by atoms with Gasteiger partial charge >= 0.3 is 0 Å². The highest BCUT2D eigenvalue weighted by molar-refractivity contribution is 7.17. The Bertz CT molecular complexity index is 643.